The molecule has 0 aliphatic heterocycles. The van der Waals surface area contributed by atoms with Gasteiger partial charge in [0.1, 0.15) is 5.83 Å². The Kier molecular flexibility index (Phi) is 36.5. The first-order chi connectivity index (χ1) is 25.8. The molecule has 1 aromatic rings. The van der Waals surface area contributed by atoms with Crippen LogP contribution < -0.4 is 10.6 Å². The van der Waals surface area contributed by atoms with Crippen LogP contribution in [-0.2, 0) is 6.42 Å². The number of benzene rings is 1. The monoisotopic (exact) mass is 744 g/mol. The van der Waals surface area contributed by atoms with E-state index in [4.69, 9.17) is 6.42 Å². The van der Waals surface area contributed by atoms with Gasteiger partial charge in [-0.15, -0.1) is 12.3 Å². The largest absolute Gasteiger partial charge is 0.386 e. The van der Waals surface area contributed by atoms with Crippen LogP contribution in [0.2, 0.25) is 0 Å². The molecule has 0 heterocycles. The Labute approximate surface area is 335 Å². The molecule has 0 spiro atoms. The molecule has 54 heavy (non-hydrogen) atoms. The maximum absolute atomic E-state index is 14.7. The molecule has 0 unspecified atom stereocenters. The summed E-state index contributed by atoms with van der Waals surface area (Å²) in [4.78, 5) is 4.59. The van der Waals surface area contributed by atoms with Crippen LogP contribution in [0.25, 0.3) is 5.57 Å². The summed E-state index contributed by atoms with van der Waals surface area (Å²) in [5.74, 6) is 3.93. The van der Waals surface area contributed by atoms with Crippen molar-refractivity contribution in [3.05, 3.63) is 113 Å². The first-order valence-corrected chi connectivity index (χ1v) is 20.8. The standard InChI is InChI=1S/C35H48FN3.C5H8.2C4H10.C2H6/c1-9-13-16-33(36)34(15-11-3)39-28(8)27(7)35(37-12-4)21-25(5)31-19-17-29(18-20-31)22-26(6)38-32-23-30(24-32)14-10-2;1-3-5-4-2;1-4(2)3;1-3-4-2;1-2/h11-13,15-21,30,32,38-39H,5-6,9-10,14,22-24H2,1-4,7-8H3;1H,4-5H2,2H3;4H,1-3H3;3-4H2,1-2H3;1-2H3/b15-11-,16-13+,28-27+,34-33-,35-21+,37-12?;;;;. The maximum Gasteiger partial charge on any atom is 0.146 e. The van der Waals surface area contributed by atoms with E-state index in [9.17, 15) is 4.39 Å². The molecule has 2 rings (SSSR count). The highest BCUT2D eigenvalue weighted by Crippen LogP contribution is 2.32. The smallest absolute Gasteiger partial charge is 0.146 e. The third-order valence-corrected chi connectivity index (χ3v) is 7.92. The van der Waals surface area contributed by atoms with Crippen LogP contribution in [-0.4, -0.2) is 12.3 Å². The lowest BCUT2D eigenvalue weighted by Gasteiger charge is -2.37. The van der Waals surface area contributed by atoms with E-state index in [-0.39, 0.29) is 5.83 Å². The zero-order chi connectivity index (χ0) is 41.9. The van der Waals surface area contributed by atoms with Gasteiger partial charge in [0.25, 0.3) is 0 Å². The third-order valence-electron chi connectivity index (χ3n) is 7.92. The zero-order valence-corrected chi connectivity index (χ0v) is 37.4. The van der Waals surface area contributed by atoms with E-state index >= 15 is 0 Å². The predicted molar refractivity (Wildman–Crippen MR) is 245 cm³/mol. The van der Waals surface area contributed by atoms with Gasteiger partial charge in [-0.3, -0.25) is 4.99 Å². The summed E-state index contributed by atoms with van der Waals surface area (Å²) < 4.78 is 14.7. The number of aliphatic imine (C=N–C) groups is 1. The van der Waals surface area contributed by atoms with Crippen LogP contribution >= 0.6 is 0 Å². The van der Waals surface area contributed by atoms with Gasteiger partial charge >= 0.3 is 0 Å². The van der Waals surface area contributed by atoms with Gasteiger partial charge in [0.15, 0.2) is 0 Å². The number of unbranched alkanes of at least 4 members (excludes halogenated alkanes) is 2. The molecule has 1 saturated carbocycles. The van der Waals surface area contributed by atoms with E-state index in [0.717, 1.165) is 71.3 Å². The van der Waals surface area contributed by atoms with Crippen LogP contribution in [0.4, 0.5) is 4.39 Å². The summed E-state index contributed by atoms with van der Waals surface area (Å²) in [6.45, 7) is 37.4. The average Bonchev–Trinajstić information content (AvgIpc) is 3.13. The van der Waals surface area contributed by atoms with Crippen molar-refractivity contribution >= 4 is 11.8 Å². The number of terminal acetylenes is 1. The lowest BCUT2D eigenvalue weighted by Crippen LogP contribution is -2.40. The molecule has 1 aromatic carbocycles. The molecule has 0 bridgehead atoms. The number of allylic oxidation sites excluding steroid dienone is 10. The van der Waals surface area contributed by atoms with Crippen molar-refractivity contribution in [3.8, 4) is 12.3 Å². The van der Waals surface area contributed by atoms with Crippen LogP contribution in [0.1, 0.15) is 166 Å². The van der Waals surface area contributed by atoms with Crippen molar-refractivity contribution in [1.29, 1.82) is 0 Å². The lowest BCUT2D eigenvalue weighted by atomic mass is 9.77. The minimum Gasteiger partial charge on any atom is -0.386 e. The Hall–Kier alpha value is -3.84. The maximum atomic E-state index is 14.7. The fourth-order valence-electron chi connectivity index (χ4n) is 4.84. The van der Waals surface area contributed by atoms with Crippen molar-refractivity contribution in [2.24, 2.45) is 16.8 Å². The number of halogens is 1. The van der Waals surface area contributed by atoms with Gasteiger partial charge in [-0.25, -0.2) is 4.39 Å². The summed E-state index contributed by atoms with van der Waals surface area (Å²) >= 11 is 0. The number of nitrogens with one attached hydrogen (secondary N) is 2. The quantitative estimate of drug-likeness (QED) is 0.0947. The molecular formula is C50H82FN3. The molecule has 2 N–H and O–H groups in total. The van der Waals surface area contributed by atoms with E-state index in [1.54, 1.807) is 18.4 Å². The summed E-state index contributed by atoms with van der Waals surface area (Å²) in [5, 5.41) is 6.83. The van der Waals surface area contributed by atoms with Crippen LogP contribution in [0, 0.1) is 24.2 Å². The van der Waals surface area contributed by atoms with Crippen molar-refractivity contribution in [2.75, 3.05) is 0 Å². The molecule has 1 fully saturated rings. The molecule has 304 valence electrons. The molecule has 0 aromatic heterocycles. The number of hydrogen-bond acceptors (Lipinski definition) is 3. The highest BCUT2D eigenvalue weighted by atomic mass is 19.1. The fourth-order valence-corrected chi connectivity index (χ4v) is 4.84. The van der Waals surface area contributed by atoms with Crippen molar-refractivity contribution in [2.45, 2.75) is 167 Å². The predicted octanol–water partition coefficient (Wildman–Crippen LogP) is 15.4. The average molecular weight is 744 g/mol. The van der Waals surface area contributed by atoms with Gasteiger partial charge in [0.05, 0.1) is 11.4 Å². The fraction of sp³-hybridized carbons (Fsp3) is 0.540. The minimum absolute atomic E-state index is 0.303. The van der Waals surface area contributed by atoms with E-state index in [1.165, 1.54) is 50.2 Å². The normalized spacial score (nSPS) is 15.8. The van der Waals surface area contributed by atoms with Crippen molar-refractivity contribution in [1.82, 2.24) is 10.6 Å². The number of nitrogens with zero attached hydrogens (tertiary/aromatic N) is 1. The molecule has 4 heteroatoms. The van der Waals surface area contributed by atoms with Crippen molar-refractivity contribution < 1.29 is 4.39 Å². The van der Waals surface area contributed by atoms with E-state index < -0.39 is 0 Å². The second-order valence-electron chi connectivity index (χ2n) is 14.0. The van der Waals surface area contributed by atoms with Gasteiger partial charge < -0.3 is 10.6 Å². The number of hydrogen-bond donors (Lipinski definition) is 2. The number of rotatable bonds is 17. The Bertz CT molecular complexity index is 1350. The van der Waals surface area contributed by atoms with E-state index in [0.29, 0.717) is 11.7 Å². The SMILES string of the molecule is C#CCCC.C=C(Cc1ccc(C(=C)/C=C(N=CC)\C(C)=C(/C)NC(/C=C\C)=C(F)/C=C/CC)cc1)NC1CC(CCC)C1.CC.CC(C)C.CCCC. The summed E-state index contributed by atoms with van der Waals surface area (Å²) in [6, 6.07) is 9.06. The minimum atomic E-state index is -0.303. The molecule has 0 radical (unpaired) electrons. The molecule has 0 atom stereocenters. The van der Waals surface area contributed by atoms with E-state index in [2.05, 4.69) is 107 Å². The molecule has 1 aliphatic rings. The second-order valence-corrected chi connectivity index (χ2v) is 14.0. The zero-order valence-electron chi connectivity index (χ0n) is 37.4. The topological polar surface area (TPSA) is 36.4 Å². The van der Waals surface area contributed by atoms with E-state index in [1.807, 2.05) is 60.6 Å². The Morgan fingerprint density at radius 3 is 1.94 bits per heavy atom. The second kappa shape index (κ2) is 36.2. The Balaban J connectivity index is -0.00000147. The lowest BCUT2D eigenvalue weighted by molar-refractivity contribution is 0.220. The molecule has 0 saturated heterocycles. The van der Waals surface area contributed by atoms with Gasteiger partial charge in [0, 0.05) is 36.5 Å². The van der Waals surface area contributed by atoms with Gasteiger partial charge in [-0.05, 0) is 106 Å². The summed E-state index contributed by atoms with van der Waals surface area (Å²) in [6.07, 6.45) is 26.9. The van der Waals surface area contributed by atoms with Gasteiger partial charge in [0.2, 0.25) is 0 Å². The van der Waals surface area contributed by atoms with Crippen molar-refractivity contribution in [3.63, 3.8) is 0 Å². The highest BCUT2D eigenvalue weighted by molar-refractivity contribution is 5.74. The Morgan fingerprint density at radius 1 is 0.944 bits per heavy atom. The molecule has 1 aliphatic carbocycles. The van der Waals surface area contributed by atoms with Crippen LogP contribution in [0.15, 0.2) is 107 Å². The molecule has 3 nitrogen and oxygen atoms in total. The first kappa shape index (κ1) is 54.5. The van der Waals surface area contributed by atoms with Crippen LogP contribution in [0.5, 0.6) is 0 Å². The Morgan fingerprint density at radius 2 is 1.52 bits per heavy atom. The molecule has 0 amide bonds. The van der Waals surface area contributed by atoms with Gasteiger partial charge in [-0.1, -0.05) is 144 Å². The highest BCUT2D eigenvalue weighted by Gasteiger charge is 2.28. The van der Waals surface area contributed by atoms with Crippen LogP contribution in [0.3, 0.4) is 0 Å². The van der Waals surface area contributed by atoms with Gasteiger partial charge in [-0.2, -0.15) is 0 Å². The summed E-state index contributed by atoms with van der Waals surface area (Å²) in [5.41, 5.74) is 7.14. The molecular weight excluding hydrogens is 662 g/mol. The third kappa shape index (κ3) is 27.7. The summed E-state index contributed by atoms with van der Waals surface area (Å²) in [7, 11) is 0. The first-order valence-electron chi connectivity index (χ1n) is 20.8.